The van der Waals surface area contributed by atoms with Gasteiger partial charge in [0.1, 0.15) is 5.75 Å². The summed E-state index contributed by atoms with van der Waals surface area (Å²) in [7, 11) is 1.72. The van der Waals surface area contributed by atoms with E-state index in [9.17, 15) is 0 Å². The molecule has 1 aliphatic carbocycles. The van der Waals surface area contributed by atoms with Crippen molar-refractivity contribution in [3.05, 3.63) is 29.8 Å². The predicted molar refractivity (Wildman–Crippen MR) is 86.9 cm³/mol. The summed E-state index contributed by atoms with van der Waals surface area (Å²) in [5.74, 6) is 0.944. The van der Waals surface area contributed by atoms with E-state index in [0.29, 0.717) is 11.6 Å². The summed E-state index contributed by atoms with van der Waals surface area (Å²) in [6.07, 6.45) is 6.64. The Morgan fingerprint density at radius 2 is 1.95 bits per heavy atom. The third-order valence-electron chi connectivity index (χ3n) is 5.31. The number of rotatable bonds is 4. The quantitative estimate of drug-likeness (QED) is 0.922. The molecule has 0 bridgehead atoms. The first kappa shape index (κ1) is 14.9. The molecule has 0 amide bonds. The first-order valence-electron chi connectivity index (χ1n) is 8.33. The van der Waals surface area contributed by atoms with Gasteiger partial charge < -0.3 is 10.1 Å². The summed E-state index contributed by atoms with van der Waals surface area (Å²) in [5, 5.41) is 3.83. The van der Waals surface area contributed by atoms with Gasteiger partial charge in [0.25, 0.3) is 0 Å². The van der Waals surface area contributed by atoms with Crippen LogP contribution >= 0.6 is 0 Å². The number of methoxy groups -OCH3 is 1. The van der Waals surface area contributed by atoms with Gasteiger partial charge in [-0.1, -0.05) is 25.0 Å². The lowest BCUT2D eigenvalue weighted by atomic mass is 9.92. The van der Waals surface area contributed by atoms with Gasteiger partial charge in [-0.05, 0) is 43.9 Å². The van der Waals surface area contributed by atoms with Crippen LogP contribution in [0.3, 0.4) is 0 Å². The van der Waals surface area contributed by atoms with Gasteiger partial charge in [-0.15, -0.1) is 0 Å². The Labute approximate surface area is 128 Å². The molecular weight excluding hydrogens is 260 g/mol. The average molecular weight is 288 g/mol. The molecule has 1 saturated carbocycles. The summed E-state index contributed by atoms with van der Waals surface area (Å²) in [6.45, 7) is 5.88. The molecule has 116 valence electrons. The highest BCUT2D eigenvalue weighted by Crippen LogP contribution is 2.33. The lowest BCUT2D eigenvalue weighted by Gasteiger charge is -2.45. The van der Waals surface area contributed by atoms with E-state index in [1.807, 2.05) is 0 Å². The Morgan fingerprint density at radius 1 is 1.24 bits per heavy atom. The van der Waals surface area contributed by atoms with E-state index in [-0.39, 0.29) is 0 Å². The fourth-order valence-electron chi connectivity index (χ4n) is 3.84. The zero-order chi connectivity index (χ0) is 14.7. The second-order valence-corrected chi connectivity index (χ2v) is 6.79. The minimum absolute atomic E-state index is 0.423. The molecule has 3 heteroatoms. The maximum Gasteiger partial charge on any atom is 0.118 e. The minimum Gasteiger partial charge on any atom is -0.497 e. The normalized spacial score (nSPS) is 25.3. The van der Waals surface area contributed by atoms with Gasteiger partial charge >= 0.3 is 0 Å². The van der Waals surface area contributed by atoms with Crippen LogP contribution in [0, 0.1) is 0 Å². The molecule has 3 rings (SSSR count). The van der Waals surface area contributed by atoms with Gasteiger partial charge in [0.2, 0.25) is 0 Å². The summed E-state index contributed by atoms with van der Waals surface area (Å²) in [6, 6.07) is 9.16. The number of ether oxygens (including phenoxy) is 1. The second kappa shape index (κ2) is 6.37. The molecule has 3 nitrogen and oxygen atoms in total. The Morgan fingerprint density at radius 3 is 2.62 bits per heavy atom. The van der Waals surface area contributed by atoms with Gasteiger partial charge in [-0.2, -0.15) is 0 Å². The van der Waals surface area contributed by atoms with Crippen LogP contribution in [0.4, 0.5) is 0 Å². The van der Waals surface area contributed by atoms with E-state index in [2.05, 4.69) is 41.4 Å². The van der Waals surface area contributed by atoms with Crippen LogP contribution in [0.25, 0.3) is 0 Å². The number of piperazine rings is 1. The third-order valence-corrected chi connectivity index (χ3v) is 5.31. The van der Waals surface area contributed by atoms with E-state index in [1.165, 1.54) is 37.8 Å². The zero-order valence-corrected chi connectivity index (χ0v) is 13.4. The minimum atomic E-state index is 0.423. The van der Waals surface area contributed by atoms with Crippen LogP contribution in [0.5, 0.6) is 5.75 Å². The van der Waals surface area contributed by atoms with Crippen molar-refractivity contribution in [2.45, 2.75) is 50.6 Å². The topological polar surface area (TPSA) is 24.5 Å². The monoisotopic (exact) mass is 288 g/mol. The van der Waals surface area contributed by atoms with Crippen molar-refractivity contribution in [1.29, 1.82) is 0 Å². The zero-order valence-electron chi connectivity index (χ0n) is 13.4. The number of hydrogen-bond donors (Lipinski definition) is 1. The molecule has 0 radical (unpaired) electrons. The van der Waals surface area contributed by atoms with Gasteiger partial charge in [0, 0.05) is 31.2 Å². The van der Waals surface area contributed by atoms with E-state index in [0.717, 1.165) is 25.3 Å². The van der Waals surface area contributed by atoms with Crippen molar-refractivity contribution in [3.63, 3.8) is 0 Å². The molecule has 1 N–H and O–H groups in total. The predicted octanol–water partition coefficient (Wildman–Crippen LogP) is 2.84. The highest BCUT2D eigenvalue weighted by Gasteiger charge is 2.39. The molecule has 1 spiro atoms. The standard InChI is InChI=1S/C18H28N2O/c1-15-13-19-18(10-3-4-11-18)14-20(15)12-9-16-5-7-17(21-2)8-6-16/h5-8,15,19H,3-4,9-14H2,1-2H3. The van der Waals surface area contributed by atoms with Crippen LogP contribution in [-0.2, 0) is 6.42 Å². The molecule has 1 saturated heterocycles. The molecule has 1 heterocycles. The molecule has 1 aliphatic heterocycles. The molecule has 1 atom stereocenters. The maximum absolute atomic E-state index is 5.23. The molecule has 2 fully saturated rings. The molecule has 21 heavy (non-hydrogen) atoms. The lowest BCUT2D eigenvalue weighted by Crippen LogP contribution is -2.62. The molecular formula is C18H28N2O. The molecule has 2 aliphatic rings. The summed E-state index contributed by atoms with van der Waals surface area (Å²) >= 11 is 0. The van der Waals surface area contributed by atoms with Crippen LogP contribution in [0.1, 0.15) is 38.2 Å². The van der Waals surface area contributed by atoms with Crippen molar-refractivity contribution in [1.82, 2.24) is 10.2 Å². The number of nitrogens with zero attached hydrogens (tertiary/aromatic N) is 1. The Bertz CT molecular complexity index is 451. The SMILES string of the molecule is COc1ccc(CCN2CC3(CCCC3)NCC2C)cc1. The van der Waals surface area contributed by atoms with E-state index < -0.39 is 0 Å². The number of hydrogen-bond acceptors (Lipinski definition) is 3. The Kier molecular flexibility index (Phi) is 4.51. The van der Waals surface area contributed by atoms with Gasteiger partial charge in [0.05, 0.1) is 7.11 Å². The van der Waals surface area contributed by atoms with Crippen LogP contribution in [0.15, 0.2) is 24.3 Å². The first-order chi connectivity index (χ1) is 10.2. The highest BCUT2D eigenvalue weighted by atomic mass is 16.5. The number of nitrogens with one attached hydrogen (secondary N) is 1. The van der Waals surface area contributed by atoms with Crippen molar-refractivity contribution >= 4 is 0 Å². The first-order valence-corrected chi connectivity index (χ1v) is 8.33. The summed E-state index contributed by atoms with van der Waals surface area (Å²) in [5.41, 5.74) is 1.83. The smallest absolute Gasteiger partial charge is 0.118 e. The highest BCUT2D eigenvalue weighted by molar-refractivity contribution is 5.27. The van der Waals surface area contributed by atoms with E-state index in [4.69, 9.17) is 4.74 Å². The van der Waals surface area contributed by atoms with Crippen molar-refractivity contribution in [2.75, 3.05) is 26.7 Å². The van der Waals surface area contributed by atoms with Crippen molar-refractivity contribution in [3.8, 4) is 5.75 Å². The van der Waals surface area contributed by atoms with Gasteiger partial charge in [-0.3, -0.25) is 4.90 Å². The van der Waals surface area contributed by atoms with Crippen LogP contribution in [0.2, 0.25) is 0 Å². The Balaban J connectivity index is 1.57. The fraction of sp³-hybridized carbons (Fsp3) is 0.667. The number of benzene rings is 1. The third kappa shape index (κ3) is 3.41. The largest absolute Gasteiger partial charge is 0.497 e. The lowest BCUT2D eigenvalue weighted by molar-refractivity contribution is 0.0903. The molecule has 0 aromatic heterocycles. The van der Waals surface area contributed by atoms with Gasteiger partial charge in [-0.25, -0.2) is 0 Å². The summed E-state index contributed by atoms with van der Waals surface area (Å²) < 4.78 is 5.23. The Hall–Kier alpha value is -1.06. The summed E-state index contributed by atoms with van der Waals surface area (Å²) in [4.78, 5) is 2.69. The second-order valence-electron chi connectivity index (χ2n) is 6.79. The van der Waals surface area contributed by atoms with E-state index in [1.54, 1.807) is 7.11 Å². The van der Waals surface area contributed by atoms with Crippen molar-refractivity contribution in [2.24, 2.45) is 0 Å². The van der Waals surface area contributed by atoms with Crippen molar-refractivity contribution < 1.29 is 4.74 Å². The maximum atomic E-state index is 5.23. The molecule has 1 aromatic rings. The van der Waals surface area contributed by atoms with Crippen LogP contribution < -0.4 is 10.1 Å². The fourth-order valence-corrected chi connectivity index (χ4v) is 3.84. The van der Waals surface area contributed by atoms with Gasteiger partial charge in [0.15, 0.2) is 0 Å². The van der Waals surface area contributed by atoms with E-state index >= 15 is 0 Å². The average Bonchev–Trinajstić information content (AvgIpc) is 2.97. The van der Waals surface area contributed by atoms with Crippen LogP contribution in [-0.4, -0.2) is 43.2 Å². The molecule has 1 unspecified atom stereocenters. The molecule has 1 aromatic carbocycles.